The second-order valence-electron chi connectivity index (χ2n) is 8.18. The van der Waals surface area contributed by atoms with Gasteiger partial charge in [0.1, 0.15) is 23.0 Å². The highest BCUT2D eigenvalue weighted by atomic mass is 16.5. The molecule has 3 rings (SSSR count). The quantitative estimate of drug-likeness (QED) is 0.214. The summed E-state index contributed by atoms with van der Waals surface area (Å²) < 4.78 is 16.4. The van der Waals surface area contributed by atoms with Crippen molar-refractivity contribution in [3.8, 4) is 17.2 Å². The van der Waals surface area contributed by atoms with E-state index < -0.39 is 17.7 Å². The topological polar surface area (TPSA) is 85.3 Å². The molecule has 7 nitrogen and oxygen atoms in total. The number of benzene rings is 2. The highest BCUT2D eigenvalue weighted by Gasteiger charge is 2.45. The third-order valence-corrected chi connectivity index (χ3v) is 5.88. The van der Waals surface area contributed by atoms with Crippen LogP contribution in [0.4, 0.5) is 0 Å². The van der Waals surface area contributed by atoms with Crippen LogP contribution >= 0.6 is 0 Å². The number of aliphatic hydroxyl groups is 1. The average molecular weight is 468 g/mol. The van der Waals surface area contributed by atoms with Crippen molar-refractivity contribution in [3.63, 3.8) is 0 Å². The number of ether oxygens (including phenoxy) is 3. The summed E-state index contributed by atoms with van der Waals surface area (Å²) in [6, 6.07) is 11.5. The number of rotatable bonds is 11. The van der Waals surface area contributed by atoms with Gasteiger partial charge < -0.3 is 24.2 Å². The molecule has 0 spiro atoms. The van der Waals surface area contributed by atoms with Crippen LogP contribution in [-0.4, -0.2) is 49.1 Å². The Morgan fingerprint density at radius 3 is 2.26 bits per heavy atom. The molecule has 0 radical (unpaired) electrons. The second kappa shape index (κ2) is 11.6. The number of unbranched alkanes of at least 4 members (excludes halogenated alkanes) is 2. The van der Waals surface area contributed by atoms with E-state index in [-0.39, 0.29) is 11.3 Å². The van der Waals surface area contributed by atoms with Crippen LogP contribution in [-0.2, 0) is 9.59 Å². The van der Waals surface area contributed by atoms with Gasteiger partial charge >= 0.3 is 0 Å². The van der Waals surface area contributed by atoms with Gasteiger partial charge in [-0.3, -0.25) is 9.59 Å². The number of likely N-dealkylation sites (tertiary alicyclic amines) is 1. The zero-order valence-corrected chi connectivity index (χ0v) is 20.3. The number of nitrogens with zero attached hydrogens (tertiary/aromatic N) is 1. The number of aliphatic hydroxyl groups excluding tert-OH is 1. The first kappa shape index (κ1) is 25.1. The molecular weight excluding hydrogens is 434 g/mol. The maximum atomic E-state index is 13.1. The Hall–Kier alpha value is -3.48. The summed E-state index contributed by atoms with van der Waals surface area (Å²) in [5, 5.41) is 11.3. The molecule has 0 bridgehead atoms. The van der Waals surface area contributed by atoms with Gasteiger partial charge in [-0.15, -0.1) is 0 Å². The van der Waals surface area contributed by atoms with Crippen LogP contribution in [0.2, 0.25) is 0 Å². The number of ketones is 1. The normalized spacial score (nSPS) is 17.2. The van der Waals surface area contributed by atoms with E-state index in [4.69, 9.17) is 14.2 Å². The molecule has 1 N–H and O–H groups in total. The van der Waals surface area contributed by atoms with E-state index in [0.717, 1.165) is 30.6 Å². The van der Waals surface area contributed by atoms with Gasteiger partial charge in [-0.1, -0.05) is 38.8 Å². The molecule has 0 aliphatic carbocycles. The van der Waals surface area contributed by atoms with E-state index in [2.05, 4.69) is 6.92 Å². The summed E-state index contributed by atoms with van der Waals surface area (Å²) in [5.74, 6) is -0.000945. The third-order valence-electron chi connectivity index (χ3n) is 5.88. The summed E-state index contributed by atoms with van der Waals surface area (Å²) in [7, 11) is 3.00. The van der Waals surface area contributed by atoms with E-state index in [1.807, 2.05) is 31.2 Å². The first-order valence-electron chi connectivity index (χ1n) is 11.7. The second-order valence-corrected chi connectivity index (χ2v) is 8.18. The van der Waals surface area contributed by atoms with E-state index in [9.17, 15) is 14.7 Å². The Morgan fingerprint density at radius 1 is 0.941 bits per heavy atom. The van der Waals surface area contributed by atoms with Crippen molar-refractivity contribution in [3.05, 3.63) is 59.2 Å². The molecule has 0 aromatic heterocycles. The van der Waals surface area contributed by atoms with Gasteiger partial charge in [0.25, 0.3) is 11.7 Å². The minimum atomic E-state index is -0.714. The lowest BCUT2D eigenvalue weighted by atomic mass is 9.95. The standard InChI is InChI=1S/C27H33NO6/c1-5-7-8-16-34-19-11-9-18(10-12-19)24-23(26(30)27(31)28(24)15-6-2)25(29)21-14-13-20(32-3)17-22(21)33-4/h9-14,17,24,29H,5-8,15-16H2,1-4H3/b25-23-. The van der Waals surface area contributed by atoms with Crippen molar-refractivity contribution >= 4 is 17.4 Å². The van der Waals surface area contributed by atoms with Crippen LogP contribution < -0.4 is 14.2 Å². The Morgan fingerprint density at radius 2 is 1.65 bits per heavy atom. The van der Waals surface area contributed by atoms with Gasteiger partial charge in [-0.2, -0.15) is 0 Å². The summed E-state index contributed by atoms with van der Waals surface area (Å²) in [6.45, 7) is 5.11. The van der Waals surface area contributed by atoms with Crippen molar-refractivity contribution in [2.75, 3.05) is 27.4 Å². The average Bonchev–Trinajstić information content (AvgIpc) is 3.11. The van der Waals surface area contributed by atoms with Crippen molar-refractivity contribution in [2.24, 2.45) is 0 Å². The van der Waals surface area contributed by atoms with E-state index in [1.54, 1.807) is 18.2 Å². The number of carbonyl (C=O) groups is 2. The maximum absolute atomic E-state index is 13.1. The molecule has 1 aliphatic heterocycles. The molecule has 1 unspecified atom stereocenters. The molecule has 34 heavy (non-hydrogen) atoms. The third kappa shape index (κ3) is 5.19. The first-order chi connectivity index (χ1) is 16.5. The molecule has 1 heterocycles. The molecule has 1 fully saturated rings. The molecule has 2 aromatic carbocycles. The molecule has 182 valence electrons. The summed E-state index contributed by atoms with van der Waals surface area (Å²) in [6.07, 6.45) is 3.89. The predicted molar refractivity (Wildman–Crippen MR) is 130 cm³/mol. The lowest BCUT2D eigenvalue weighted by molar-refractivity contribution is -0.139. The van der Waals surface area contributed by atoms with E-state index >= 15 is 0 Å². The molecule has 1 amide bonds. The van der Waals surface area contributed by atoms with Crippen LogP contribution in [0.15, 0.2) is 48.0 Å². The fourth-order valence-electron chi connectivity index (χ4n) is 4.13. The van der Waals surface area contributed by atoms with E-state index in [0.29, 0.717) is 36.6 Å². The number of hydrogen-bond acceptors (Lipinski definition) is 6. The van der Waals surface area contributed by atoms with Crippen molar-refractivity contribution in [2.45, 2.75) is 45.6 Å². The molecule has 2 aromatic rings. The number of methoxy groups -OCH3 is 2. The Kier molecular flexibility index (Phi) is 8.57. The Bertz CT molecular complexity index is 1040. The SMILES string of the molecule is CCCCCOc1ccc(C2/C(=C(/O)c3ccc(OC)cc3OC)C(=O)C(=O)N2CCC)cc1. The van der Waals surface area contributed by atoms with Crippen LogP contribution in [0.3, 0.4) is 0 Å². The minimum Gasteiger partial charge on any atom is -0.507 e. The molecule has 1 atom stereocenters. The van der Waals surface area contributed by atoms with Crippen LogP contribution in [0, 0.1) is 0 Å². The van der Waals surface area contributed by atoms with Crippen molar-refractivity contribution in [1.29, 1.82) is 0 Å². The number of Topliss-reactive ketones (excluding diaryl/α,β-unsaturated/α-hetero) is 1. The van der Waals surface area contributed by atoms with Crippen LogP contribution in [0.5, 0.6) is 17.2 Å². The molecule has 1 aliphatic rings. The Labute approximate surface area is 200 Å². The Balaban J connectivity index is 2.03. The summed E-state index contributed by atoms with van der Waals surface area (Å²) >= 11 is 0. The zero-order chi connectivity index (χ0) is 24.7. The van der Waals surface area contributed by atoms with E-state index in [1.165, 1.54) is 19.1 Å². The molecule has 0 saturated carbocycles. The number of amides is 1. The highest BCUT2D eigenvalue weighted by molar-refractivity contribution is 6.46. The van der Waals surface area contributed by atoms with Crippen LogP contribution in [0.25, 0.3) is 5.76 Å². The van der Waals surface area contributed by atoms with Crippen LogP contribution in [0.1, 0.15) is 56.7 Å². The summed E-state index contributed by atoms with van der Waals surface area (Å²) in [4.78, 5) is 27.5. The number of carbonyl (C=O) groups excluding carboxylic acids is 2. The molecular formula is C27H33NO6. The van der Waals surface area contributed by atoms with Gasteiger partial charge in [0, 0.05) is 12.6 Å². The largest absolute Gasteiger partial charge is 0.507 e. The van der Waals surface area contributed by atoms with Gasteiger partial charge in [-0.05, 0) is 42.7 Å². The zero-order valence-electron chi connectivity index (χ0n) is 20.3. The van der Waals surface area contributed by atoms with Gasteiger partial charge in [0.2, 0.25) is 0 Å². The van der Waals surface area contributed by atoms with Crippen molar-refractivity contribution in [1.82, 2.24) is 4.90 Å². The summed E-state index contributed by atoms with van der Waals surface area (Å²) in [5.41, 5.74) is 1.08. The number of hydrogen-bond donors (Lipinski definition) is 1. The predicted octanol–water partition coefficient (Wildman–Crippen LogP) is 5.10. The van der Waals surface area contributed by atoms with Gasteiger partial charge in [0.05, 0.1) is 38.0 Å². The first-order valence-corrected chi connectivity index (χ1v) is 11.7. The fourth-order valence-corrected chi connectivity index (χ4v) is 4.13. The molecule has 1 saturated heterocycles. The smallest absolute Gasteiger partial charge is 0.295 e. The maximum Gasteiger partial charge on any atom is 0.295 e. The lowest BCUT2D eigenvalue weighted by Gasteiger charge is -2.25. The monoisotopic (exact) mass is 467 g/mol. The van der Waals surface area contributed by atoms with Crippen molar-refractivity contribution < 1.29 is 28.9 Å². The minimum absolute atomic E-state index is 0.0403. The van der Waals surface area contributed by atoms with Gasteiger partial charge in [0.15, 0.2) is 0 Å². The fraction of sp³-hybridized carbons (Fsp3) is 0.407. The lowest BCUT2D eigenvalue weighted by Crippen LogP contribution is -2.30. The highest BCUT2D eigenvalue weighted by Crippen LogP contribution is 2.41. The molecule has 7 heteroatoms. The van der Waals surface area contributed by atoms with Gasteiger partial charge in [-0.25, -0.2) is 0 Å².